The zero-order valence-corrected chi connectivity index (χ0v) is 17.2. The summed E-state index contributed by atoms with van der Waals surface area (Å²) in [7, 11) is -3.96. The lowest BCUT2D eigenvalue weighted by molar-refractivity contribution is 0.581. The summed E-state index contributed by atoms with van der Waals surface area (Å²) in [5, 5.41) is 2.72. The molecule has 0 spiro atoms. The van der Waals surface area contributed by atoms with E-state index in [4.69, 9.17) is 4.42 Å². The summed E-state index contributed by atoms with van der Waals surface area (Å²) in [6.07, 6.45) is 0. The Morgan fingerprint density at radius 3 is 2.21 bits per heavy atom. The van der Waals surface area contributed by atoms with Gasteiger partial charge in [-0.25, -0.2) is 12.8 Å². The van der Waals surface area contributed by atoms with Crippen molar-refractivity contribution in [1.29, 1.82) is 0 Å². The molecule has 4 rings (SSSR count). The van der Waals surface area contributed by atoms with Gasteiger partial charge < -0.3 is 9.73 Å². The van der Waals surface area contributed by atoms with Crippen molar-refractivity contribution in [3.63, 3.8) is 0 Å². The van der Waals surface area contributed by atoms with Crippen LogP contribution in [0.3, 0.4) is 0 Å². The van der Waals surface area contributed by atoms with Crippen molar-refractivity contribution < 1.29 is 17.2 Å². The molecule has 4 aromatic rings. The molecule has 0 radical (unpaired) electrons. The second kappa shape index (κ2) is 7.81. The van der Waals surface area contributed by atoms with E-state index in [1.807, 2.05) is 18.2 Å². The predicted octanol–water partition coefficient (Wildman–Crippen LogP) is 5.82. The minimum atomic E-state index is -3.96. The van der Waals surface area contributed by atoms with Gasteiger partial charge in [0.05, 0.1) is 4.90 Å². The molecule has 0 saturated heterocycles. The van der Waals surface area contributed by atoms with E-state index in [2.05, 4.69) is 26.2 Å². The number of aromatic nitrogens is 1. The molecule has 1 aromatic heterocycles. The summed E-state index contributed by atoms with van der Waals surface area (Å²) >= 11 is 3.30. The maximum Gasteiger partial charge on any atom is 0.238 e. The number of hydrogen-bond acceptors (Lipinski definition) is 5. The van der Waals surface area contributed by atoms with Gasteiger partial charge in [0.1, 0.15) is 5.82 Å². The van der Waals surface area contributed by atoms with Gasteiger partial charge in [0, 0.05) is 15.7 Å². The zero-order valence-electron chi connectivity index (χ0n) is 14.8. The van der Waals surface area contributed by atoms with Gasteiger partial charge in [-0.3, -0.25) is 0 Å². The number of anilines is 2. The standard InChI is InChI=1S/C21H14BrFN2O3S/c22-15-8-12-18(13-9-15)29(26,27)21-20(24-17-4-2-1-3-5-17)28-19(25-21)14-6-10-16(23)11-7-14/h1-13,24H. The number of halogens is 2. The van der Waals surface area contributed by atoms with Crippen LogP contribution in [0.25, 0.3) is 11.5 Å². The van der Waals surface area contributed by atoms with E-state index in [1.54, 1.807) is 24.3 Å². The number of rotatable bonds is 5. The average Bonchev–Trinajstić information content (AvgIpc) is 3.14. The topological polar surface area (TPSA) is 72.2 Å². The van der Waals surface area contributed by atoms with Crippen LogP contribution in [-0.2, 0) is 9.84 Å². The van der Waals surface area contributed by atoms with Crippen LogP contribution in [0.5, 0.6) is 0 Å². The summed E-state index contributed by atoms with van der Waals surface area (Å²) in [6, 6.07) is 20.7. The Bertz CT molecular complexity index is 1240. The third-order valence-electron chi connectivity index (χ3n) is 4.10. The van der Waals surface area contributed by atoms with Crippen molar-refractivity contribution in [2.24, 2.45) is 0 Å². The van der Waals surface area contributed by atoms with Crippen LogP contribution in [0, 0.1) is 5.82 Å². The Balaban J connectivity index is 1.84. The lowest BCUT2D eigenvalue weighted by Crippen LogP contribution is -2.05. The molecule has 5 nitrogen and oxygen atoms in total. The lowest BCUT2D eigenvalue weighted by atomic mass is 10.2. The Hall–Kier alpha value is -2.97. The van der Waals surface area contributed by atoms with Gasteiger partial charge in [-0.15, -0.1) is 0 Å². The largest absolute Gasteiger partial charge is 0.419 e. The number of nitrogens with zero attached hydrogens (tertiary/aromatic N) is 1. The average molecular weight is 473 g/mol. The van der Waals surface area contributed by atoms with Crippen molar-refractivity contribution in [3.8, 4) is 11.5 Å². The molecular weight excluding hydrogens is 459 g/mol. The highest BCUT2D eigenvalue weighted by Crippen LogP contribution is 2.34. The Morgan fingerprint density at radius 1 is 0.897 bits per heavy atom. The lowest BCUT2D eigenvalue weighted by Gasteiger charge is -2.06. The van der Waals surface area contributed by atoms with E-state index in [9.17, 15) is 12.8 Å². The van der Waals surface area contributed by atoms with Crippen LogP contribution in [0.4, 0.5) is 16.0 Å². The van der Waals surface area contributed by atoms with E-state index in [0.29, 0.717) is 11.3 Å². The molecule has 146 valence electrons. The quantitative estimate of drug-likeness (QED) is 0.396. The number of nitrogens with one attached hydrogen (secondary N) is 1. The minimum absolute atomic E-state index is 0.0153. The molecule has 0 aliphatic heterocycles. The molecule has 8 heteroatoms. The first kappa shape index (κ1) is 19.4. The molecular formula is C21H14BrFN2O3S. The van der Waals surface area contributed by atoms with Crippen molar-refractivity contribution in [2.45, 2.75) is 9.92 Å². The highest BCUT2D eigenvalue weighted by atomic mass is 79.9. The van der Waals surface area contributed by atoms with E-state index in [0.717, 1.165) is 4.47 Å². The van der Waals surface area contributed by atoms with Gasteiger partial charge in [0.15, 0.2) is 0 Å². The Labute approximate surface area is 175 Å². The summed E-state index contributed by atoms with van der Waals surface area (Å²) in [4.78, 5) is 4.30. The molecule has 0 saturated carbocycles. The van der Waals surface area contributed by atoms with E-state index in [-0.39, 0.29) is 21.7 Å². The van der Waals surface area contributed by atoms with Crippen LogP contribution in [0.1, 0.15) is 0 Å². The molecule has 3 aromatic carbocycles. The molecule has 0 atom stereocenters. The number of oxazole rings is 1. The van der Waals surface area contributed by atoms with Crippen molar-refractivity contribution >= 4 is 37.3 Å². The summed E-state index contributed by atoms with van der Waals surface area (Å²) in [5.74, 6) is -0.358. The fourth-order valence-electron chi connectivity index (χ4n) is 2.66. The molecule has 0 fully saturated rings. The molecule has 0 unspecified atom stereocenters. The van der Waals surface area contributed by atoms with Crippen LogP contribution in [0.15, 0.2) is 97.7 Å². The van der Waals surface area contributed by atoms with E-state index >= 15 is 0 Å². The maximum absolute atomic E-state index is 13.3. The van der Waals surface area contributed by atoms with Crippen LogP contribution < -0.4 is 5.32 Å². The monoisotopic (exact) mass is 472 g/mol. The molecule has 1 N–H and O–H groups in total. The van der Waals surface area contributed by atoms with E-state index in [1.165, 1.54) is 36.4 Å². The second-order valence-corrected chi connectivity index (χ2v) is 8.89. The van der Waals surface area contributed by atoms with Crippen molar-refractivity contribution in [3.05, 3.63) is 89.2 Å². The first-order chi connectivity index (χ1) is 13.9. The number of benzene rings is 3. The number of hydrogen-bond donors (Lipinski definition) is 1. The first-order valence-electron chi connectivity index (χ1n) is 8.53. The minimum Gasteiger partial charge on any atom is -0.419 e. The van der Waals surface area contributed by atoms with Crippen LogP contribution >= 0.6 is 15.9 Å². The number of para-hydroxylation sites is 1. The smallest absolute Gasteiger partial charge is 0.238 e. The second-order valence-electron chi connectivity index (χ2n) is 6.11. The highest BCUT2D eigenvalue weighted by molar-refractivity contribution is 9.10. The van der Waals surface area contributed by atoms with Gasteiger partial charge in [-0.1, -0.05) is 34.1 Å². The summed E-state index contributed by atoms with van der Waals surface area (Å²) in [5.41, 5.74) is 1.10. The van der Waals surface area contributed by atoms with E-state index < -0.39 is 15.7 Å². The Morgan fingerprint density at radius 2 is 1.55 bits per heavy atom. The third kappa shape index (κ3) is 4.08. The molecule has 1 heterocycles. The SMILES string of the molecule is O=S(=O)(c1ccc(Br)cc1)c1nc(-c2ccc(F)cc2)oc1Nc1ccccc1. The normalized spacial score (nSPS) is 11.4. The zero-order chi connectivity index (χ0) is 20.4. The van der Waals surface area contributed by atoms with Gasteiger partial charge in [-0.05, 0) is 60.7 Å². The molecule has 0 bridgehead atoms. The van der Waals surface area contributed by atoms with Gasteiger partial charge in [-0.2, -0.15) is 4.98 Å². The Kier molecular flexibility index (Phi) is 5.21. The third-order valence-corrected chi connectivity index (χ3v) is 6.30. The predicted molar refractivity (Wildman–Crippen MR) is 111 cm³/mol. The van der Waals surface area contributed by atoms with Crippen molar-refractivity contribution in [1.82, 2.24) is 4.98 Å². The van der Waals surface area contributed by atoms with Gasteiger partial charge in [0.25, 0.3) is 0 Å². The summed E-state index contributed by atoms with van der Waals surface area (Å²) < 4.78 is 46.2. The molecule has 0 amide bonds. The van der Waals surface area contributed by atoms with Crippen molar-refractivity contribution in [2.75, 3.05) is 5.32 Å². The molecule has 0 aliphatic rings. The molecule has 0 aliphatic carbocycles. The maximum atomic E-state index is 13.3. The van der Waals surface area contributed by atoms with Gasteiger partial charge >= 0.3 is 0 Å². The summed E-state index contributed by atoms with van der Waals surface area (Å²) in [6.45, 7) is 0. The molecule has 29 heavy (non-hydrogen) atoms. The van der Waals surface area contributed by atoms with Crippen LogP contribution in [0.2, 0.25) is 0 Å². The highest BCUT2D eigenvalue weighted by Gasteiger charge is 2.28. The van der Waals surface area contributed by atoms with Crippen LogP contribution in [-0.4, -0.2) is 13.4 Å². The fourth-order valence-corrected chi connectivity index (χ4v) is 4.18. The van der Waals surface area contributed by atoms with Gasteiger partial charge in [0.2, 0.25) is 26.6 Å². The fraction of sp³-hybridized carbons (Fsp3) is 0. The number of sulfone groups is 1. The first-order valence-corrected chi connectivity index (χ1v) is 10.8.